The van der Waals surface area contributed by atoms with Crippen molar-refractivity contribution in [1.29, 1.82) is 0 Å². The van der Waals surface area contributed by atoms with Crippen LogP contribution in [0.1, 0.15) is 21.7 Å². The van der Waals surface area contributed by atoms with Crippen molar-refractivity contribution in [2.45, 2.75) is 19.4 Å². The first kappa shape index (κ1) is 17.0. The number of nitrogens with zero attached hydrogens (tertiary/aromatic N) is 3. The van der Waals surface area contributed by atoms with Gasteiger partial charge in [0.2, 0.25) is 5.91 Å². The molecule has 3 heterocycles. The molecule has 0 aliphatic carbocycles. The molecule has 1 saturated heterocycles. The first-order valence-corrected chi connectivity index (χ1v) is 7.97. The number of hydrogen-bond donors (Lipinski definition) is 2. The number of ether oxygens (including phenoxy) is 1. The summed E-state index contributed by atoms with van der Waals surface area (Å²) in [5.41, 5.74) is 1.60. The summed E-state index contributed by atoms with van der Waals surface area (Å²) in [5, 5.41) is 12.4. The lowest BCUT2D eigenvalue weighted by Crippen LogP contribution is -2.45. The Morgan fingerprint density at radius 2 is 2.04 bits per heavy atom. The maximum Gasteiger partial charge on any atom is 0.275 e. The molecule has 0 bridgehead atoms. The van der Waals surface area contributed by atoms with Crippen molar-refractivity contribution in [1.82, 2.24) is 25.9 Å². The van der Waals surface area contributed by atoms with Gasteiger partial charge in [-0.25, -0.2) is 4.63 Å². The van der Waals surface area contributed by atoms with Crippen LogP contribution in [0.2, 0.25) is 0 Å². The van der Waals surface area contributed by atoms with E-state index in [0.29, 0.717) is 18.9 Å². The van der Waals surface area contributed by atoms with Crippen molar-refractivity contribution in [2.75, 3.05) is 19.8 Å². The second-order valence-corrected chi connectivity index (χ2v) is 5.91. The molecule has 3 rings (SSSR count). The van der Waals surface area contributed by atoms with Crippen molar-refractivity contribution in [3.8, 4) is 0 Å². The van der Waals surface area contributed by atoms with Gasteiger partial charge in [0, 0.05) is 18.3 Å². The average molecular weight is 345 g/mol. The van der Waals surface area contributed by atoms with E-state index in [-0.39, 0.29) is 30.1 Å². The van der Waals surface area contributed by atoms with E-state index in [9.17, 15) is 9.59 Å². The number of aromatic nitrogens is 3. The van der Waals surface area contributed by atoms with Crippen molar-refractivity contribution in [2.24, 2.45) is 5.92 Å². The molecule has 0 unspecified atom stereocenters. The third kappa shape index (κ3) is 4.38. The highest BCUT2D eigenvalue weighted by Gasteiger charge is 2.29. The Morgan fingerprint density at radius 1 is 1.24 bits per heavy atom. The Labute approximate surface area is 144 Å². The van der Waals surface area contributed by atoms with Crippen molar-refractivity contribution in [3.63, 3.8) is 0 Å². The van der Waals surface area contributed by atoms with E-state index in [0.717, 1.165) is 12.0 Å². The van der Waals surface area contributed by atoms with Gasteiger partial charge in [0.05, 0.1) is 25.8 Å². The van der Waals surface area contributed by atoms with Crippen LogP contribution >= 0.6 is 0 Å². The predicted octanol–water partition coefficient (Wildman–Crippen LogP) is -0.123. The summed E-state index contributed by atoms with van der Waals surface area (Å²) in [6, 6.07) is 3.81. The zero-order valence-corrected chi connectivity index (χ0v) is 13.8. The second-order valence-electron chi connectivity index (χ2n) is 5.91. The van der Waals surface area contributed by atoms with Crippen LogP contribution in [-0.4, -0.2) is 52.9 Å². The summed E-state index contributed by atoms with van der Waals surface area (Å²) in [6.07, 6.45) is 4.29. The zero-order valence-electron chi connectivity index (χ0n) is 13.8. The van der Waals surface area contributed by atoms with Crippen molar-refractivity contribution in [3.05, 3.63) is 41.5 Å². The highest BCUT2D eigenvalue weighted by atomic mass is 16.6. The lowest BCUT2D eigenvalue weighted by molar-refractivity contribution is -0.121. The molecule has 1 aliphatic heterocycles. The molecule has 2 N–H and O–H groups in total. The predicted molar refractivity (Wildman–Crippen MR) is 85.5 cm³/mol. The van der Waals surface area contributed by atoms with Gasteiger partial charge in [-0.05, 0) is 36.2 Å². The Hall–Kier alpha value is -2.81. The summed E-state index contributed by atoms with van der Waals surface area (Å²) >= 11 is 0. The SMILES string of the molecule is Cc1nonc1C(=O)NCC(=O)N[C@@H]1COC[C@H]1Cc1ccncc1. The number of pyridine rings is 1. The maximum absolute atomic E-state index is 12.1. The monoisotopic (exact) mass is 345 g/mol. The van der Waals surface area contributed by atoms with Crippen LogP contribution < -0.4 is 10.6 Å². The summed E-state index contributed by atoms with van der Waals surface area (Å²) in [7, 11) is 0. The van der Waals surface area contributed by atoms with Crippen LogP contribution in [0.15, 0.2) is 29.2 Å². The van der Waals surface area contributed by atoms with E-state index in [1.807, 2.05) is 12.1 Å². The van der Waals surface area contributed by atoms with E-state index < -0.39 is 5.91 Å². The Kier molecular flexibility index (Phi) is 5.34. The third-order valence-corrected chi connectivity index (χ3v) is 4.07. The van der Waals surface area contributed by atoms with Crippen LogP contribution in [0.5, 0.6) is 0 Å². The first-order chi connectivity index (χ1) is 12.1. The summed E-state index contributed by atoms with van der Waals surface area (Å²) in [6.45, 7) is 2.50. The Balaban J connectivity index is 1.48. The van der Waals surface area contributed by atoms with Gasteiger partial charge in [0.25, 0.3) is 5.91 Å². The lowest BCUT2D eigenvalue weighted by Gasteiger charge is -2.19. The van der Waals surface area contributed by atoms with Gasteiger partial charge < -0.3 is 15.4 Å². The van der Waals surface area contributed by atoms with Crippen LogP contribution in [0.4, 0.5) is 0 Å². The molecule has 132 valence electrons. The molecule has 0 radical (unpaired) electrons. The molecule has 2 amide bonds. The number of aryl methyl sites for hydroxylation is 1. The largest absolute Gasteiger partial charge is 0.379 e. The fraction of sp³-hybridized carbons (Fsp3) is 0.438. The van der Waals surface area contributed by atoms with Gasteiger partial charge in [-0.3, -0.25) is 14.6 Å². The van der Waals surface area contributed by atoms with Crippen LogP contribution in [-0.2, 0) is 16.0 Å². The van der Waals surface area contributed by atoms with Crippen LogP contribution in [0.25, 0.3) is 0 Å². The molecule has 9 heteroatoms. The Morgan fingerprint density at radius 3 is 2.76 bits per heavy atom. The smallest absolute Gasteiger partial charge is 0.275 e. The molecular weight excluding hydrogens is 326 g/mol. The minimum atomic E-state index is -0.495. The number of nitrogens with one attached hydrogen (secondary N) is 2. The fourth-order valence-electron chi connectivity index (χ4n) is 2.72. The van der Waals surface area contributed by atoms with E-state index in [2.05, 4.69) is 30.6 Å². The van der Waals surface area contributed by atoms with Gasteiger partial charge >= 0.3 is 0 Å². The van der Waals surface area contributed by atoms with E-state index >= 15 is 0 Å². The van der Waals surface area contributed by atoms with E-state index in [4.69, 9.17) is 4.74 Å². The van der Waals surface area contributed by atoms with Gasteiger partial charge in [-0.1, -0.05) is 5.16 Å². The van der Waals surface area contributed by atoms with Gasteiger partial charge in [-0.15, -0.1) is 0 Å². The number of hydrogen-bond acceptors (Lipinski definition) is 7. The highest BCUT2D eigenvalue weighted by molar-refractivity contribution is 5.95. The van der Waals surface area contributed by atoms with Gasteiger partial charge in [0.1, 0.15) is 5.69 Å². The molecule has 9 nitrogen and oxygen atoms in total. The van der Waals surface area contributed by atoms with Crippen LogP contribution in [0, 0.1) is 12.8 Å². The number of amides is 2. The van der Waals surface area contributed by atoms with Crippen molar-refractivity contribution < 1.29 is 19.0 Å². The fourth-order valence-corrected chi connectivity index (χ4v) is 2.72. The molecule has 1 aliphatic rings. The molecule has 2 atom stereocenters. The molecule has 25 heavy (non-hydrogen) atoms. The summed E-state index contributed by atoms with van der Waals surface area (Å²) < 4.78 is 9.96. The molecule has 2 aromatic rings. The van der Waals surface area contributed by atoms with E-state index in [1.54, 1.807) is 19.3 Å². The molecule has 0 saturated carbocycles. The minimum absolute atomic E-state index is 0.0764. The topological polar surface area (TPSA) is 119 Å². The molecule has 2 aromatic heterocycles. The van der Waals surface area contributed by atoms with Crippen LogP contribution in [0.3, 0.4) is 0 Å². The van der Waals surface area contributed by atoms with Gasteiger partial charge in [-0.2, -0.15) is 0 Å². The second kappa shape index (κ2) is 7.84. The van der Waals surface area contributed by atoms with Gasteiger partial charge in [0.15, 0.2) is 5.69 Å². The molecule has 1 fully saturated rings. The minimum Gasteiger partial charge on any atom is -0.379 e. The highest BCUT2D eigenvalue weighted by Crippen LogP contribution is 2.18. The lowest BCUT2D eigenvalue weighted by atomic mass is 9.95. The van der Waals surface area contributed by atoms with Crippen molar-refractivity contribution >= 4 is 11.8 Å². The number of rotatable bonds is 6. The summed E-state index contributed by atoms with van der Waals surface area (Å²) in [5.74, 6) is -0.591. The zero-order chi connectivity index (χ0) is 17.6. The number of carbonyl (C=O) groups is 2. The standard InChI is InChI=1S/C16H19N5O4/c1-10-15(21-25-20-10)16(23)18-7-14(22)19-13-9-24-8-12(13)6-11-2-4-17-5-3-11/h2-5,12-13H,6-9H2,1H3,(H,18,23)(H,19,22)/t12-,13-/m1/s1. The number of carbonyl (C=O) groups excluding carboxylic acids is 2. The summed E-state index contributed by atoms with van der Waals surface area (Å²) in [4.78, 5) is 28.0. The maximum atomic E-state index is 12.1. The molecular formula is C16H19N5O4. The normalized spacial score (nSPS) is 19.6. The van der Waals surface area contributed by atoms with E-state index in [1.165, 1.54) is 0 Å². The third-order valence-electron chi connectivity index (χ3n) is 4.07. The molecule has 0 aromatic carbocycles. The first-order valence-electron chi connectivity index (χ1n) is 7.97. The Bertz CT molecular complexity index is 733. The molecule has 0 spiro atoms. The average Bonchev–Trinajstić information content (AvgIpc) is 3.23. The quantitative estimate of drug-likeness (QED) is 0.749.